The number of hydrogen-bond acceptors (Lipinski definition) is 6. The average molecular weight is 373 g/mol. The fraction of sp³-hybridized carbons (Fsp3) is 0.421. The van der Waals surface area contributed by atoms with Crippen molar-refractivity contribution in [3.8, 4) is 5.75 Å². The molecule has 1 saturated heterocycles. The molecule has 3 rings (SSSR count). The fourth-order valence-corrected chi connectivity index (χ4v) is 2.84. The molecule has 1 aliphatic rings. The van der Waals surface area contributed by atoms with Crippen LogP contribution < -0.4 is 9.64 Å². The minimum Gasteiger partial charge on any atom is -0.492 e. The monoisotopic (exact) mass is 373 g/mol. The van der Waals surface area contributed by atoms with Crippen molar-refractivity contribution in [1.82, 2.24) is 19.8 Å². The van der Waals surface area contributed by atoms with Crippen LogP contribution in [-0.2, 0) is 0 Å². The standard InChI is InChI=1S/C19H24FN5O2/c1-23(2)19-21-13-15(14-22-19)18(26)25-9-7-24(8-10-25)11-12-27-17-5-3-16(20)4-6-17/h3-6,13-14H,7-12H2,1-2H3. The Morgan fingerprint density at radius 2 is 1.74 bits per heavy atom. The Balaban J connectivity index is 1.42. The van der Waals surface area contributed by atoms with Gasteiger partial charge >= 0.3 is 0 Å². The number of amides is 1. The molecule has 2 aromatic rings. The van der Waals surface area contributed by atoms with Crippen LogP contribution in [0.1, 0.15) is 10.4 Å². The molecular weight excluding hydrogens is 349 g/mol. The molecule has 27 heavy (non-hydrogen) atoms. The third-order valence-corrected chi connectivity index (χ3v) is 4.43. The van der Waals surface area contributed by atoms with E-state index in [4.69, 9.17) is 4.74 Å². The summed E-state index contributed by atoms with van der Waals surface area (Å²) in [5.41, 5.74) is 0.508. The number of aromatic nitrogens is 2. The second kappa shape index (κ2) is 8.77. The van der Waals surface area contributed by atoms with Crippen molar-refractivity contribution in [2.75, 3.05) is 58.3 Å². The highest BCUT2D eigenvalue weighted by atomic mass is 19.1. The largest absolute Gasteiger partial charge is 0.492 e. The first-order valence-electron chi connectivity index (χ1n) is 8.92. The van der Waals surface area contributed by atoms with Gasteiger partial charge in [-0.15, -0.1) is 0 Å². The van der Waals surface area contributed by atoms with Crippen LogP contribution >= 0.6 is 0 Å². The molecule has 8 heteroatoms. The lowest BCUT2D eigenvalue weighted by molar-refractivity contribution is 0.0619. The van der Waals surface area contributed by atoms with Crippen molar-refractivity contribution in [1.29, 1.82) is 0 Å². The highest BCUT2D eigenvalue weighted by Gasteiger charge is 2.22. The van der Waals surface area contributed by atoms with Crippen LogP contribution in [0, 0.1) is 5.82 Å². The van der Waals surface area contributed by atoms with E-state index in [9.17, 15) is 9.18 Å². The zero-order chi connectivity index (χ0) is 19.2. The molecule has 144 valence electrons. The Morgan fingerprint density at radius 1 is 1.11 bits per heavy atom. The Bertz CT molecular complexity index is 744. The van der Waals surface area contributed by atoms with Gasteiger partial charge in [-0.3, -0.25) is 9.69 Å². The van der Waals surface area contributed by atoms with Crippen molar-refractivity contribution < 1.29 is 13.9 Å². The van der Waals surface area contributed by atoms with E-state index in [2.05, 4.69) is 14.9 Å². The van der Waals surface area contributed by atoms with Gasteiger partial charge in [-0.2, -0.15) is 0 Å². The predicted octanol–water partition coefficient (Wildman–Crippen LogP) is 1.52. The molecule has 1 aromatic carbocycles. The highest BCUT2D eigenvalue weighted by Crippen LogP contribution is 2.12. The van der Waals surface area contributed by atoms with Gasteiger partial charge < -0.3 is 14.5 Å². The van der Waals surface area contributed by atoms with Crippen molar-refractivity contribution in [2.45, 2.75) is 0 Å². The molecule has 1 amide bonds. The number of nitrogens with zero attached hydrogens (tertiary/aromatic N) is 5. The van der Waals surface area contributed by atoms with Gasteiger partial charge in [0.05, 0.1) is 5.56 Å². The van der Waals surface area contributed by atoms with Crippen LogP contribution in [0.25, 0.3) is 0 Å². The van der Waals surface area contributed by atoms with Crippen molar-refractivity contribution in [3.63, 3.8) is 0 Å². The summed E-state index contributed by atoms with van der Waals surface area (Å²) in [6.45, 7) is 4.18. The van der Waals surface area contributed by atoms with Gasteiger partial charge in [-0.05, 0) is 24.3 Å². The van der Waals surface area contributed by atoms with Crippen LogP contribution in [-0.4, -0.2) is 79.1 Å². The average Bonchev–Trinajstić information content (AvgIpc) is 2.69. The number of benzene rings is 1. The van der Waals surface area contributed by atoms with E-state index >= 15 is 0 Å². The van der Waals surface area contributed by atoms with Gasteiger partial charge in [-0.1, -0.05) is 0 Å². The van der Waals surface area contributed by atoms with E-state index in [0.717, 1.165) is 19.6 Å². The van der Waals surface area contributed by atoms with Crippen LogP contribution in [0.5, 0.6) is 5.75 Å². The number of ether oxygens (including phenoxy) is 1. The molecule has 0 unspecified atom stereocenters. The van der Waals surface area contributed by atoms with E-state index in [1.165, 1.54) is 12.1 Å². The lowest BCUT2D eigenvalue weighted by Crippen LogP contribution is -2.49. The molecule has 0 saturated carbocycles. The quantitative estimate of drug-likeness (QED) is 0.765. The minimum absolute atomic E-state index is 0.0393. The van der Waals surface area contributed by atoms with Crippen LogP contribution in [0.4, 0.5) is 10.3 Å². The highest BCUT2D eigenvalue weighted by molar-refractivity contribution is 5.93. The van der Waals surface area contributed by atoms with Gasteiger partial charge in [0.25, 0.3) is 5.91 Å². The van der Waals surface area contributed by atoms with E-state index in [1.54, 1.807) is 29.4 Å². The normalized spacial score (nSPS) is 14.9. The Morgan fingerprint density at radius 3 is 2.33 bits per heavy atom. The molecule has 0 spiro atoms. The van der Waals surface area contributed by atoms with E-state index in [1.807, 2.05) is 19.0 Å². The summed E-state index contributed by atoms with van der Waals surface area (Å²) in [6, 6.07) is 6.01. The number of carbonyl (C=O) groups excluding carboxylic acids is 1. The van der Waals surface area contributed by atoms with E-state index in [0.29, 0.717) is 37.0 Å². The summed E-state index contributed by atoms with van der Waals surface area (Å²) < 4.78 is 18.5. The van der Waals surface area contributed by atoms with Gasteiger partial charge in [0.1, 0.15) is 18.2 Å². The first kappa shape index (κ1) is 19.0. The molecule has 7 nitrogen and oxygen atoms in total. The number of anilines is 1. The van der Waals surface area contributed by atoms with Gasteiger partial charge in [0, 0.05) is 59.2 Å². The van der Waals surface area contributed by atoms with E-state index in [-0.39, 0.29) is 11.7 Å². The zero-order valence-corrected chi connectivity index (χ0v) is 15.6. The van der Waals surface area contributed by atoms with Gasteiger partial charge in [0.15, 0.2) is 0 Å². The van der Waals surface area contributed by atoms with Crippen molar-refractivity contribution in [3.05, 3.63) is 48.0 Å². The molecule has 1 aromatic heterocycles. The van der Waals surface area contributed by atoms with Gasteiger partial charge in [0.2, 0.25) is 5.95 Å². The Labute approximate surface area is 158 Å². The zero-order valence-electron chi connectivity index (χ0n) is 15.6. The van der Waals surface area contributed by atoms with E-state index < -0.39 is 0 Å². The van der Waals surface area contributed by atoms with Crippen LogP contribution in [0.3, 0.4) is 0 Å². The first-order valence-corrected chi connectivity index (χ1v) is 8.92. The third kappa shape index (κ3) is 5.13. The number of piperazine rings is 1. The molecule has 0 N–H and O–H groups in total. The summed E-state index contributed by atoms with van der Waals surface area (Å²) in [6.07, 6.45) is 3.15. The second-order valence-electron chi connectivity index (χ2n) is 6.60. The predicted molar refractivity (Wildman–Crippen MR) is 101 cm³/mol. The molecule has 2 heterocycles. The SMILES string of the molecule is CN(C)c1ncc(C(=O)N2CCN(CCOc3ccc(F)cc3)CC2)cn1. The number of halogens is 1. The van der Waals surface area contributed by atoms with Crippen LogP contribution in [0.2, 0.25) is 0 Å². The minimum atomic E-state index is -0.273. The molecule has 0 radical (unpaired) electrons. The maximum absolute atomic E-state index is 12.9. The van der Waals surface area contributed by atoms with Gasteiger partial charge in [-0.25, -0.2) is 14.4 Å². The molecular formula is C19H24FN5O2. The maximum atomic E-state index is 12.9. The smallest absolute Gasteiger partial charge is 0.257 e. The summed E-state index contributed by atoms with van der Waals surface area (Å²) in [7, 11) is 3.71. The summed E-state index contributed by atoms with van der Waals surface area (Å²) >= 11 is 0. The van der Waals surface area contributed by atoms with Crippen molar-refractivity contribution >= 4 is 11.9 Å². The van der Waals surface area contributed by atoms with Crippen molar-refractivity contribution in [2.24, 2.45) is 0 Å². The topological polar surface area (TPSA) is 61.8 Å². The Kier molecular flexibility index (Phi) is 6.18. The lowest BCUT2D eigenvalue weighted by atomic mass is 10.2. The number of hydrogen-bond donors (Lipinski definition) is 0. The fourth-order valence-electron chi connectivity index (χ4n) is 2.84. The molecule has 0 aliphatic carbocycles. The summed E-state index contributed by atoms with van der Waals surface area (Å²) in [4.78, 5) is 26.8. The Hall–Kier alpha value is -2.74. The first-order chi connectivity index (χ1) is 13.0. The summed E-state index contributed by atoms with van der Waals surface area (Å²) in [5, 5.41) is 0. The molecule has 1 aliphatic heterocycles. The summed E-state index contributed by atoms with van der Waals surface area (Å²) in [5.74, 6) is 0.927. The lowest BCUT2D eigenvalue weighted by Gasteiger charge is -2.34. The number of rotatable bonds is 6. The maximum Gasteiger partial charge on any atom is 0.257 e. The molecule has 0 atom stereocenters. The van der Waals surface area contributed by atoms with Crippen LogP contribution in [0.15, 0.2) is 36.7 Å². The third-order valence-electron chi connectivity index (χ3n) is 4.43. The molecule has 1 fully saturated rings. The number of carbonyl (C=O) groups is 1. The second-order valence-corrected chi connectivity index (χ2v) is 6.60. The molecule has 0 bridgehead atoms.